The van der Waals surface area contributed by atoms with E-state index in [1.54, 1.807) is 18.4 Å². The zero-order chi connectivity index (χ0) is 17.0. The fourth-order valence-corrected chi connectivity index (χ4v) is 3.53. The minimum Gasteiger partial charge on any atom is -0.497 e. The number of methoxy groups -OCH3 is 1. The Morgan fingerprint density at radius 1 is 1.39 bits per heavy atom. The van der Waals surface area contributed by atoms with Crippen LogP contribution in [0.25, 0.3) is 10.6 Å². The van der Waals surface area contributed by atoms with Crippen molar-refractivity contribution in [1.82, 2.24) is 10.3 Å². The van der Waals surface area contributed by atoms with Crippen LogP contribution in [0.1, 0.15) is 36.9 Å². The van der Waals surface area contributed by atoms with E-state index in [4.69, 9.17) is 10.5 Å². The topological polar surface area (TPSA) is 77.2 Å². The average Bonchev–Trinajstić information content (AvgIpc) is 2.94. The van der Waals surface area contributed by atoms with E-state index in [1.807, 2.05) is 45.0 Å². The van der Waals surface area contributed by atoms with E-state index in [0.29, 0.717) is 6.42 Å². The molecule has 2 rings (SSSR count). The second kappa shape index (κ2) is 7.57. The molecule has 1 heterocycles. The predicted molar refractivity (Wildman–Crippen MR) is 93.7 cm³/mol. The normalized spacial score (nSPS) is 13.6. The average molecular weight is 333 g/mol. The maximum atomic E-state index is 11.4. The fourth-order valence-electron chi connectivity index (χ4n) is 2.45. The van der Waals surface area contributed by atoms with Crippen LogP contribution in [0.4, 0.5) is 0 Å². The molecule has 0 fully saturated rings. The van der Waals surface area contributed by atoms with Gasteiger partial charge in [0.1, 0.15) is 10.8 Å². The monoisotopic (exact) mass is 333 g/mol. The minimum atomic E-state index is -0.323. The first kappa shape index (κ1) is 17.4. The Hall–Kier alpha value is -1.92. The summed E-state index contributed by atoms with van der Waals surface area (Å²) < 4.78 is 5.18. The van der Waals surface area contributed by atoms with Gasteiger partial charge >= 0.3 is 0 Å². The third-order valence-corrected chi connectivity index (χ3v) is 5.15. The van der Waals surface area contributed by atoms with Gasteiger partial charge in [-0.1, -0.05) is 6.92 Å². The minimum absolute atomic E-state index is 0.0250. The van der Waals surface area contributed by atoms with Crippen molar-refractivity contribution in [1.29, 1.82) is 0 Å². The summed E-state index contributed by atoms with van der Waals surface area (Å²) in [5, 5.41) is 4.24. The largest absolute Gasteiger partial charge is 0.497 e. The number of hydrogen-bond acceptors (Lipinski definition) is 5. The molecule has 6 heteroatoms. The van der Waals surface area contributed by atoms with Gasteiger partial charge < -0.3 is 10.5 Å². The Morgan fingerprint density at radius 2 is 2.04 bits per heavy atom. The lowest BCUT2D eigenvalue weighted by molar-refractivity contribution is -0.120. The van der Waals surface area contributed by atoms with Crippen molar-refractivity contribution in [3.8, 4) is 16.3 Å². The molecule has 0 spiro atoms. The summed E-state index contributed by atoms with van der Waals surface area (Å²) in [6.45, 7) is 5.96. The summed E-state index contributed by atoms with van der Waals surface area (Å²) in [4.78, 5) is 17.2. The Balaban J connectivity index is 2.21. The van der Waals surface area contributed by atoms with E-state index >= 15 is 0 Å². The van der Waals surface area contributed by atoms with Crippen molar-refractivity contribution < 1.29 is 9.53 Å². The van der Waals surface area contributed by atoms with Crippen LogP contribution in [0.2, 0.25) is 0 Å². The van der Waals surface area contributed by atoms with E-state index in [2.05, 4.69) is 10.3 Å². The molecule has 124 valence electrons. The van der Waals surface area contributed by atoms with Crippen LogP contribution >= 0.6 is 11.3 Å². The first-order chi connectivity index (χ1) is 11.0. The van der Waals surface area contributed by atoms with Crippen LogP contribution in [-0.4, -0.2) is 24.0 Å². The van der Waals surface area contributed by atoms with E-state index in [1.165, 1.54) is 0 Å². The lowest BCUT2D eigenvalue weighted by Gasteiger charge is -2.19. The molecular formula is C17H23N3O2S. The second-order valence-electron chi connectivity index (χ2n) is 5.45. The third kappa shape index (κ3) is 4.09. The van der Waals surface area contributed by atoms with E-state index in [0.717, 1.165) is 26.9 Å². The molecule has 0 aliphatic carbocycles. The number of benzene rings is 1. The van der Waals surface area contributed by atoms with Gasteiger partial charge in [0, 0.05) is 16.5 Å². The van der Waals surface area contributed by atoms with Gasteiger partial charge in [-0.3, -0.25) is 10.1 Å². The Labute approximate surface area is 140 Å². The number of nitrogens with two attached hydrogens (primary N) is 1. The zero-order valence-corrected chi connectivity index (χ0v) is 14.7. The predicted octanol–water partition coefficient (Wildman–Crippen LogP) is 3.04. The molecule has 0 aliphatic heterocycles. The number of rotatable bonds is 7. The van der Waals surface area contributed by atoms with Gasteiger partial charge in [-0.25, -0.2) is 4.98 Å². The van der Waals surface area contributed by atoms with E-state index in [9.17, 15) is 4.79 Å². The summed E-state index contributed by atoms with van der Waals surface area (Å²) in [7, 11) is 1.65. The van der Waals surface area contributed by atoms with Gasteiger partial charge in [0.2, 0.25) is 5.91 Å². The van der Waals surface area contributed by atoms with Gasteiger partial charge in [-0.05, 0) is 44.5 Å². The van der Waals surface area contributed by atoms with Crippen molar-refractivity contribution >= 4 is 17.2 Å². The molecule has 0 unspecified atom stereocenters. The lowest BCUT2D eigenvalue weighted by atomic mass is 10.1. The number of carbonyl (C=O) groups excluding carboxylic acids is 1. The van der Waals surface area contributed by atoms with Gasteiger partial charge in [0.15, 0.2) is 0 Å². The molecule has 1 amide bonds. The van der Waals surface area contributed by atoms with Crippen molar-refractivity contribution in [2.45, 2.75) is 39.3 Å². The van der Waals surface area contributed by atoms with Gasteiger partial charge in [0.25, 0.3) is 0 Å². The number of aryl methyl sites for hydroxylation is 1. The van der Waals surface area contributed by atoms with Crippen molar-refractivity contribution in [2.75, 3.05) is 7.11 Å². The van der Waals surface area contributed by atoms with Crippen molar-refractivity contribution in [3.63, 3.8) is 0 Å². The molecule has 23 heavy (non-hydrogen) atoms. The van der Waals surface area contributed by atoms with Gasteiger partial charge in [-0.2, -0.15) is 0 Å². The van der Waals surface area contributed by atoms with Crippen molar-refractivity contribution in [3.05, 3.63) is 34.8 Å². The van der Waals surface area contributed by atoms with Gasteiger partial charge in [-0.15, -0.1) is 11.3 Å². The Bertz CT molecular complexity index is 667. The molecule has 0 radical (unpaired) electrons. The third-order valence-electron chi connectivity index (χ3n) is 3.77. The van der Waals surface area contributed by atoms with Gasteiger partial charge in [0.05, 0.1) is 18.8 Å². The number of nitrogens with one attached hydrogen (secondary N) is 1. The molecular weight excluding hydrogens is 310 g/mol. The first-order valence-corrected chi connectivity index (χ1v) is 8.45. The number of carbonyl (C=O) groups is 1. The van der Waals surface area contributed by atoms with Crippen LogP contribution in [0, 0.1) is 6.92 Å². The first-order valence-electron chi connectivity index (χ1n) is 7.63. The van der Waals surface area contributed by atoms with E-state index < -0.39 is 0 Å². The molecule has 2 atom stereocenters. The molecule has 0 saturated carbocycles. The van der Waals surface area contributed by atoms with Crippen LogP contribution in [0.5, 0.6) is 5.75 Å². The number of amides is 1. The van der Waals surface area contributed by atoms with Crippen LogP contribution in [0.3, 0.4) is 0 Å². The Kier molecular flexibility index (Phi) is 5.74. The molecule has 0 bridgehead atoms. The molecule has 0 saturated heterocycles. The molecule has 0 aliphatic rings. The summed E-state index contributed by atoms with van der Waals surface area (Å²) in [5.41, 5.74) is 7.44. The highest BCUT2D eigenvalue weighted by Gasteiger charge is 2.20. The summed E-state index contributed by atoms with van der Waals surface area (Å²) in [6.07, 6.45) is 0.670. The zero-order valence-electron chi connectivity index (χ0n) is 13.9. The smallest absolute Gasteiger partial charge is 0.234 e. The number of hydrogen-bond donors (Lipinski definition) is 2. The number of primary amides is 1. The second-order valence-corrected chi connectivity index (χ2v) is 6.48. The maximum absolute atomic E-state index is 11.4. The molecule has 3 N–H and O–H groups in total. The number of nitrogens with zero attached hydrogens (tertiary/aromatic N) is 1. The highest BCUT2D eigenvalue weighted by atomic mass is 32.1. The summed E-state index contributed by atoms with van der Waals surface area (Å²) in [5.74, 6) is 0.501. The van der Waals surface area contributed by atoms with Crippen molar-refractivity contribution in [2.24, 2.45) is 5.73 Å². The maximum Gasteiger partial charge on any atom is 0.234 e. The number of aromatic nitrogens is 1. The Morgan fingerprint density at radius 3 is 2.57 bits per heavy atom. The quantitative estimate of drug-likeness (QED) is 0.816. The number of ether oxygens (including phenoxy) is 1. The molecule has 2 aromatic rings. The molecule has 1 aromatic carbocycles. The molecule has 1 aromatic heterocycles. The van der Waals surface area contributed by atoms with Crippen LogP contribution < -0.4 is 15.8 Å². The summed E-state index contributed by atoms with van der Waals surface area (Å²) >= 11 is 1.63. The highest BCUT2D eigenvalue weighted by molar-refractivity contribution is 7.15. The lowest BCUT2D eigenvalue weighted by Crippen LogP contribution is -2.41. The highest BCUT2D eigenvalue weighted by Crippen LogP contribution is 2.32. The molecule has 5 nitrogen and oxygen atoms in total. The van der Waals surface area contributed by atoms with Crippen LogP contribution in [0.15, 0.2) is 24.3 Å². The number of thiazole rings is 1. The fraction of sp³-hybridized carbons (Fsp3) is 0.412. The SMILES string of the molecule is CC[C@H](N[C@H](C)c1sc(-c2ccc(OC)cc2)nc1C)C(N)=O. The standard InChI is InChI=1S/C17H23N3O2S/c1-5-14(16(18)21)19-10(2)15-11(3)20-17(23-15)12-6-8-13(22-4)9-7-12/h6-10,14,19H,5H2,1-4H3,(H2,18,21)/t10-,14+/m1/s1. The van der Waals surface area contributed by atoms with E-state index in [-0.39, 0.29) is 18.0 Å². The van der Waals surface area contributed by atoms with Crippen LogP contribution in [-0.2, 0) is 4.79 Å². The summed E-state index contributed by atoms with van der Waals surface area (Å²) in [6, 6.07) is 7.54.